The summed E-state index contributed by atoms with van der Waals surface area (Å²) in [4.78, 5) is 11.2. The third-order valence-electron chi connectivity index (χ3n) is 17.4. The van der Waals surface area contributed by atoms with Crippen molar-refractivity contribution in [3.8, 4) is 51.0 Å². The number of fused-ring (bicyclic) bond motifs is 21. The second kappa shape index (κ2) is 17.6. The van der Waals surface area contributed by atoms with Gasteiger partial charge in [-0.25, -0.2) is 9.97 Å². The van der Waals surface area contributed by atoms with Gasteiger partial charge in [0.05, 0.1) is 44.5 Å². The van der Waals surface area contributed by atoms with Gasteiger partial charge in [0, 0.05) is 127 Å². The monoisotopic (exact) mass is 1120 g/mol. The largest absolute Gasteiger partial charge is 0.309 e. The van der Waals surface area contributed by atoms with E-state index in [2.05, 4.69) is 275 Å². The van der Waals surface area contributed by atoms with Crippen LogP contribution in [0.15, 0.2) is 261 Å². The van der Waals surface area contributed by atoms with Gasteiger partial charge < -0.3 is 13.7 Å². The Kier molecular flexibility index (Phi) is 9.75. The SMILES string of the molecule is c1cc(-c2cc(-c3ccc(-n4c5ccccc5c5ccc6sc7ccccc7c6c54)cc3)nc(-c3cccc(-n4c5ccccc5c5ccc6sc7ccccc7c6c54)c3)n2)cc(-n2c3ccccc3c3ccc4sc5ccccc5c4c32)c1. The lowest BCUT2D eigenvalue weighted by Crippen LogP contribution is -1.99. The predicted octanol–water partition coefficient (Wildman–Crippen LogP) is 21.9. The van der Waals surface area contributed by atoms with Gasteiger partial charge in [-0.3, -0.25) is 0 Å². The molecule has 19 rings (SSSR count). The lowest BCUT2D eigenvalue weighted by atomic mass is 10.0. The summed E-state index contributed by atoms with van der Waals surface area (Å²) in [7, 11) is 0. The van der Waals surface area contributed by atoms with E-state index in [4.69, 9.17) is 9.97 Å². The first-order chi connectivity index (χ1) is 41.6. The molecule has 0 fully saturated rings. The van der Waals surface area contributed by atoms with Gasteiger partial charge in [-0.2, -0.15) is 0 Å². The van der Waals surface area contributed by atoms with Crippen LogP contribution in [0.5, 0.6) is 0 Å². The Hall–Kier alpha value is -10.2. The van der Waals surface area contributed by atoms with Crippen molar-refractivity contribution in [2.45, 2.75) is 0 Å². The Bertz CT molecular complexity index is 5750. The quantitative estimate of drug-likeness (QED) is 0.166. The first-order valence-electron chi connectivity index (χ1n) is 28.4. The van der Waals surface area contributed by atoms with Gasteiger partial charge in [-0.15, -0.1) is 34.0 Å². The Morgan fingerprint density at radius 3 is 1.06 bits per heavy atom. The molecule has 8 heteroatoms. The van der Waals surface area contributed by atoms with Gasteiger partial charge in [0.2, 0.25) is 0 Å². The minimum absolute atomic E-state index is 0.656. The van der Waals surface area contributed by atoms with Crippen molar-refractivity contribution in [3.63, 3.8) is 0 Å². The highest BCUT2D eigenvalue weighted by molar-refractivity contribution is 7.26. The molecule has 0 aliphatic rings. The highest BCUT2D eigenvalue weighted by atomic mass is 32.1. The fourth-order valence-electron chi connectivity index (χ4n) is 13.8. The first kappa shape index (κ1) is 46.4. The lowest BCUT2D eigenvalue weighted by molar-refractivity contribution is 1.15. The third kappa shape index (κ3) is 6.64. The molecule has 0 atom stereocenters. The van der Waals surface area contributed by atoms with Crippen molar-refractivity contribution in [3.05, 3.63) is 261 Å². The van der Waals surface area contributed by atoms with Gasteiger partial charge in [-0.05, 0) is 97.1 Å². The van der Waals surface area contributed by atoms with Crippen LogP contribution in [0.4, 0.5) is 0 Å². The number of hydrogen-bond acceptors (Lipinski definition) is 5. The average Bonchev–Trinajstić information content (AvgIpc) is 3.59. The van der Waals surface area contributed by atoms with Crippen LogP contribution in [-0.2, 0) is 0 Å². The predicted molar refractivity (Wildman–Crippen MR) is 360 cm³/mol. The van der Waals surface area contributed by atoms with Crippen LogP contribution >= 0.6 is 34.0 Å². The van der Waals surface area contributed by atoms with Crippen molar-refractivity contribution < 1.29 is 0 Å². The van der Waals surface area contributed by atoms with Crippen molar-refractivity contribution in [1.82, 2.24) is 23.7 Å². The molecule has 7 aromatic heterocycles. The fourth-order valence-corrected chi connectivity index (χ4v) is 17.2. The summed E-state index contributed by atoms with van der Waals surface area (Å²) in [6, 6.07) is 95.8. The molecule has 390 valence electrons. The maximum Gasteiger partial charge on any atom is 0.160 e. The lowest BCUT2D eigenvalue weighted by Gasteiger charge is -2.14. The molecule has 19 aromatic rings. The summed E-state index contributed by atoms with van der Waals surface area (Å²) < 4.78 is 15.1. The van der Waals surface area contributed by atoms with E-state index in [1.54, 1.807) is 0 Å². The number of rotatable bonds is 6. The van der Waals surface area contributed by atoms with Crippen LogP contribution < -0.4 is 0 Å². The van der Waals surface area contributed by atoms with Gasteiger partial charge in [0.1, 0.15) is 0 Å². The molecule has 0 aliphatic heterocycles. The molecule has 0 radical (unpaired) electrons. The highest BCUT2D eigenvalue weighted by Gasteiger charge is 2.23. The summed E-state index contributed by atoms with van der Waals surface area (Å²) >= 11 is 5.58. The Labute approximate surface area is 492 Å². The Morgan fingerprint density at radius 2 is 0.607 bits per heavy atom. The maximum absolute atomic E-state index is 5.60. The number of benzene rings is 12. The highest BCUT2D eigenvalue weighted by Crippen LogP contribution is 2.47. The molecule has 0 unspecified atom stereocenters. The van der Waals surface area contributed by atoms with Crippen LogP contribution in [0, 0.1) is 0 Å². The van der Waals surface area contributed by atoms with E-state index >= 15 is 0 Å². The normalized spacial score (nSPS) is 12.3. The van der Waals surface area contributed by atoms with Crippen molar-refractivity contribution >= 4 is 160 Å². The first-order valence-corrected chi connectivity index (χ1v) is 30.8. The molecule has 0 amide bonds. The standard InChI is InChI=1S/C76H43N5S3/c1-7-25-61-50(19-1)53-35-38-67-70(56-22-4-10-28-64(56)82-67)73(53)79(61)47-33-31-44(32-34-47)59-43-60(45-15-13-17-48(41-45)80-62-26-8-2-20-51(62)54-36-39-68-71(74(54)80)57-23-5-11-29-65(57)83-68)78-76(77-59)46-16-14-18-49(42-46)81-63-27-9-3-21-52(63)55-37-40-69-72(75(55)81)58-24-6-12-30-66(58)84-69/h1-43H. The minimum atomic E-state index is 0.656. The number of para-hydroxylation sites is 3. The van der Waals surface area contributed by atoms with Crippen molar-refractivity contribution in [1.29, 1.82) is 0 Å². The van der Waals surface area contributed by atoms with Crippen molar-refractivity contribution in [2.75, 3.05) is 0 Å². The van der Waals surface area contributed by atoms with Crippen LogP contribution in [-0.4, -0.2) is 23.7 Å². The topological polar surface area (TPSA) is 40.6 Å². The zero-order chi connectivity index (χ0) is 54.7. The van der Waals surface area contributed by atoms with E-state index in [-0.39, 0.29) is 0 Å². The molecule has 7 heterocycles. The second-order valence-corrected chi connectivity index (χ2v) is 25.2. The van der Waals surface area contributed by atoms with Gasteiger partial charge in [0.25, 0.3) is 0 Å². The molecule has 0 spiro atoms. The maximum atomic E-state index is 5.60. The molecule has 0 aliphatic carbocycles. The summed E-state index contributed by atoms with van der Waals surface area (Å²) in [6.45, 7) is 0. The molecule has 5 nitrogen and oxygen atoms in total. The smallest absolute Gasteiger partial charge is 0.160 e. The molecule has 0 N–H and O–H groups in total. The van der Waals surface area contributed by atoms with E-state index < -0.39 is 0 Å². The molecule has 0 saturated carbocycles. The van der Waals surface area contributed by atoms with Gasteiger partial charge in [-0.1, -0.05) is 164 Å². The van der Waals surface area contributed by atoms with Gasteiger partial charge >= 0.3 is 0 Å². The summed E-state index contributed by atoms with van der Waals surface area (Å²) in [6.07, 6.45) is 0. The Morgan fingerprint density at radius 1 is 0.238 bits per heavy atom. The van der Waals surface area contributed by atoms with E-state index in [0.717, 1.165) is 50.7 Å². The molecular formula is C76H43N5S3. The minimum Gasteiger partial charge on any atom is -0.309 e. The summed E-state index contributed by atoms with van der Waals surface area (Å²) in [5.41, 5.74) is 15.0. The number of aromatic nitrogens is 5. The zero-order valence-corrected chi connectivity index (χ0v) is 47.2. The average molecular weight is 1120 g/mol. The fraction of sp³-hybridized carbons (Fsp3) is 0. The van der Waals surface area contributed by atoms with Crippen LogP contribution in [0.3, 0.4) is 0 Å². The summed E-state index contributed by atoms with van der Waals surface area (Å²) in [5, 5.41) is 15.1. The number of hydrogen-bond donors (Lipinski definition) is 0. The molecule has 0 bridgehead atoms. The summed E-state index contributed by atoms with van der Waals surface area (Å²) in [5.74, 6) is 0.656. The van der Waals surface area contributed by atoms with Gasteiger partial charge in [0.15, 0.2) is 5.82 Å². The number of nitrogens with zero attached hydrogens (tertiary/aromatic N) is 5. The molecule has 12 aromatic carbocycles. The van der Waals surface area contributed by atoms with Crippen LogP contribution in [0.25, 0.3) is 177 Å². The van der Waals surface area contributed by atoms with Crippen LogP contribution in [0.2, 0.25) is 0 Å². The van der Waals surface area contributed by atoms with E-state index in [1.165, 1.54) is 120 Å². The van der Waals surface area contributed by atoms with E-state index in [0.29, 0.717) is 5.82 Å². The van der Waals surface area contributed by atoms with Crippen LogP contribution in [0.1, 0.15) is 0 Å². The number of thiophene rings is 3. The third-order valence-corrected chi connectivity index (χ3v) is 20.8. The van der Waals surface area contributed by atoms with E-state index in [1.807, 2.05) is 34.0 Å². The molecular weight excluding hydrogens is 1080 g/mol. The van der Waals surface area contributed by atoms with Crippen molar-refractivity contribution in [2.24, 2.45) is 0 Å². The zero-order valence-electron chi connectivity index (χ0n) is 44.8. The Balaban J connectivity index is 0.823. The van der Waals surface area contributed by atoms with E-state index in [9.17, 15) is 0 Å². The molecule has 84 heavy (non-hydrogen) atoms. The molecule has 0 saturated heterocycles. The second-order valence-electron chi connectivity index (χ2n) is 22.0.